The number of rotatable bonds is 3. The van der Waals surface area contributed by atoms with Crippen LogP contribution in [0.15, 0.2) is 24.3 Å². The van der Waals surface area contributed by atoms with Crippen LogP contribution in [0.25, 0.3) is 0 Å². The third kappa shape index (κ3) is 2.17. The minimum absolute atomic E-state index is 0.210. The van der Waals surface area contributed by atoms with Gasteiger partial charge in [0.2, 0.25) is 0 Å². The summed E-state index contributed by atoms with van der Waals surface area (Å²) in [6.07, 6.45) is 4.54. The molecule has 1 aromatic carbocycles. The predicted octanol–water partition coefficient (Wildman–Crippen LogP) is 1.83. The third-order valence-electron chi connectivity index (χ3n) is 3.95. The van der Waals surface area contributed by atoms with E-state index in [1.54, 1.807) is 12.1 Å². The number of phenols is 1. The van der Waals surface area contributed by atoms with E-state index in [2.05, 4.69) is 0 Å². The van der Waals surface area contributed by atoms with Crippen molar-refractivity contribution in [1.82, 2.24) is 0 Å². The van der Waals surface area contributed by atoms with Gasteiger partial charge in [-0.05, 0) is 49.3 Å². The van der Waals surface area contributed by atoms with Crippen molar-refractivity contribution < 1.29 is 9.84 Å². The number of phenolic OH excluding ortho intramolecular Hbond substituents is 1. The molecule has 17 heavy (non-hydrogen) atoms. The summed E-state index contributed by atoms with van der Waals surface area (Å²) in [5.41, 5.74) is 7.50. The van der Waals surface area contributed by atoms with Gasteiger partial charge in [0.25, 0.3) is 0 Å². The Bertz CT molecular complexity index is 399. The summed E-state index contributed by atoms with van der Waals surface area (Å²) in [7, 11) is 0. The molecule has 3 nitrogen and oxygen atoms in total. The molecule has 1 saturated carbocycles. The van der Waals surface area contributed by atoms with Gasteiger partial charge in [-0.2, -0.15) is 0 Å². The molecule has 2 aliphatic rings. The highest BCUT2D eigenvalue weighted by atomic mass is 16.5. The van der Waals surface area contributed by atoms with Crippen LogP contribution in [0.4, 0.5) is 0 Å². The van der Waals surface area contributed by atoms with Crippen molar-refractivity contribution in [2.24, 2.45) is 11.7 Å². The molecule has 0 spiro atoms. The minimum Gasteiger partial charge on any atom is -0.508 e. The second kappa shape index (κ2) is 4.00. The van der Waals surface area contributed by atoms with Crippen LogP contribution in [-0.2, 0) is 11.2 Å². The van der Waals surface area contributed by atoms with Crippen molar-refractivity contribution in [3.05, 3.63) is 29.8 Å². The Kier molecular flexibility index (Phi) is 2.60. The molecule has 92 valence electrons. The van der Waals surface area contributed by atoms with E-state index in [9.17, 15) is 5.11 Å². The molecule has 3 N–H and O–H groups in total. The van der Waals surface area contributed by atoms with Crippen LogP contribution < -0.4 is 5.73 Å². The van der Waals surface area contributed by atoms with Gasteiger partial charge in [-0.1, -0.05) is 12.1 Å². The van der Waals surface area contributed by atoms with Crippen LogP contribution in [0, 0.1) is 5.92 Å². The molecule has 1 aliphatic carbocycles. The van der Waals surface area contributed by atoms with Crippen LogP contribution in [-0.4, -0.2) is 23.4 Å². The summed E-state index contributed by atoms with van der Waals surface area (Å²) in [5, 5.41) is 9.28. The van der Waals surface area contributed by atoms with E-state index < -0.39 is 0 Å². The molecule has 1 aromatic rings. The fourth-order valence-corrected chi connectivity index (χ4v) is 2.87. The van der Waals surface area contributed by atoms with E-state index in [1.165, 1.54) is 18.4 Å². The molecule has 0 radical (unpaired) electrons. The number of benzene rings is 1. The van der Waals surface area contributed by atoms with Gasteiger partial charge in [-0.25, -0.2) is 0 Å². The van der Waals surface area contributed by atoms with E-state index in [0.29, 0.717) is 11.7 Å². The summed E-state index contributed by atoms with van der Waals surface area (Å²) in [4.78, 5) is 0. The summed E-state index contributed by atoms with van der Waals surface area (Å²) in [6.45, 7) is 0.787. The molecule has 2 fully saturated rings. The molecular formula is C14H19NO2. The maximum absolute atomic E-state index is 9.28. The van der Waals surface area contributed by atoms with E-state index in [4.69, 9.17) is 10.5 Å². The largest absolute Gasteiger partial charge is 0.508 e. The lowest BCUT2D eigenvalue weighted by molar-refractivity contribution is 0.0626. The standard InChI is InChI=1S/C14H19NO2/c15-14(7-8-17-13(14)11-3-4-11)9-10-1-5-12(16)6-2-10/h1-2,5-6,11,13,16H,3-4,7-9,15H2. The Hall–Kier alpha value is -1.06. The highest BCUT2D eigenvalue weighted by molar-refractivity contribution is 5.28. The van der Waals surface area contributed by atoms with E-state index in [0.717, 1.165) is 19.4 Å². The maximum atomic E-state index is 9.28. The first-order valence-electron chi connectivity index (χ1n) is 6.36. The molecule has 2 unspecified atom stereocenters. The molecule has 0 bridgehead atoms. The second-order valence-corrected chi connectivity index (χ2v) is 5.46. The van der Waals surface area contributed by atoms with E-state index in [-0.39, 0.29) is 11.6 Å². The predicted molar refractivity (Wildman–Crippen MR) is 65.8 cm³/mol. The van der Waals surface area contributed by atoms with Gasteiger partial charge in [0.1, 0.15) is 5.75 Å². The molecule has 0 aromatic heterocycles. The van der Waals surface area contributed by atoms with Gasteiger partial charge in [0.05, 0.1) is 6.10 Å². The van der Waals surface area contributed by atoms with Crippen LogP contribution in [0.1, 0.15) is 24.8 Å². The van der Waals surface area contributed by atoms with Crippen LogP contribution in [0.5, 0.6) is 5.75 Å². The number of nitrogens with two attached hydrogens (primary N) is 1. The van der Waals surface area contributed by atoms with E-state index >= 15 is 0 Å². The summed E-state index contributed by atoms with van der Waals surface area (Å²) < 4.78 is 5.81. The summed E-state index contributed by atoms with van der Waals surface area (Å²) in [5.74, 6) is 0.987. The van der Waals surface area contributed by atoms with Gasteiger partial charge < -0.3 is 15.6 Å². The van der Waals surface area contributed by atoms with Crippen molar-refractivity contribution >= 4 is 0 Å². The molecule has 3 rings (SSSR count). The lowest BCUT2D eigenvalue weighted by atomic mass is 9.83. The first kappa shape index (κ1) is 11.1. The smallest absolute Gasteiger partial charge is 0.115 e. The number of aromatic hydroxyl groups is 1. The first-order chi connectivity index (χ1) is 8.17. The average Bonchev–Trinajstić information content (AvgIpc) is 3.07. The Morgan fingerprint density at radius 2 is 2.00 bits per heavy atom. The zero-order valence-electron chi connectivity index (χ0n) is 9.93. The highest BCUT2D eigenvalue weighted by Gasteiger charge is 2.48. The number of hydrogen-bond donors (Lipinski definition) is 2. The quantitative estimate of drug-likeness (QED) is 0.837. The topological polar surface area (TPSA) is 55.5 Å². The molecule has 0 amide bonds. The Morgan fingerprint density at radius 1 is 1.29 bits per heavy atom. The van der Waals surface area contributed by atoms with Crippen molar-refractivity contribution in [2.45, 2.75) is 37.3 Å². The van der Waals surface area contributed by atoms with Crippen molar-refractivity contribution in [1.29, 1.82) is 0 Å². The van der Waals surface area contributed by atoms with Gasteiger partial charge in [0.15, 0.2) is 0 Å². The van der Waals surface area contributed by atoms with Gasteiger partial charge in [-0.3, -0.25) is 0 Å². The van der Waals surface area contributed by atoms with Crippen LogP contribution >= 0.6 is 0 Å². The first-order valence-corrected chi connectivity index (χ1v) is 6.36. The lowest BCUT2D eigenvalue weighted by Gasteiger charge is -2.30. The minimum atomic E-state index is -0.210. The van der Waals surface area contributed by atoms with Crippen LogP contribution in [0.2, 0.25) is 0 Å². The van der Waals surface area contributed by atoms with Gasteiger partial charge >= 0.3 is 0 Å². The molecule has 1 heterocycles. The Morgan fingerprint density at radius 3 is 2.65 bits per heavy atom. The second-order valence-electron chi connectivity index (χ2n) is 5.46. The molecule has 3 heteroatoms. The average molecular weight is 233 g/mol. The Labute approximate surface area is 102 Å². The zero-order valence-corrected chi connectivity index (χ0v) is 9.93. The SMILES string of the molecule is NC1(Cc2ccc(O)cc2)CCOC1C1CC1. The monoisotopic (exact) mass is 233 g/mol. The Balaban J connectivity index is 1.76. The maximum Gasteiger partial charge on any atom is 0.115 e. The highest BCUT2D eigenvalue weighted by Crippen LogP contribution is 2.43. The summed E-state index contributed by atoms with van der Waals surface area (Å²) in [6, 6.07) is 7.35. The van der Waals surface area contributed by atoms with Gasteiger partial charge in [0, 0.05) is 12.1 Å². The molecular weight excluding hydrogens is 214 g/mol. The fourth-order valence-electron chi connectivity index (χ4n) is 2.87. The number of ether oxygens (including phenoxy) is 1. The third-order valence-corrected chi connectivity index (χ3v) is 3.95. The molecule has 1 saturated heterocycles. The van der Waals surface area contributed by atoms with Crippen LogP contribution in [0.3, 0.4) is 0 Å². The van der Waals surface area contributed by atoms with Crippen molar-refractivity contribution in [2.75, 3.05) is 6.61 Å². The zero-order chi connectivity index (χ0) is 11.9. The normalized spacial score (nSPS) is 32.9. The fraction of sp³-hybridized carbons (Fsp3) is 0.571. The summed E-state index contributed by atoms with van der Waals surface area (Å²) >= 11 is 0. The van der Waals surface area contributed by atoms with Crippen molar-refractivity contribution in [3.63, 3.8) is 0 Å². The number of hydrogen-bond acceptors (Lipinski definition) is 3. The molecule has 1 aliphatic heterocycles. The van der Waals surface area contributed by atoms with Crippen molar-refractivity contribution in [3.8, 4) is 5.75 Å². The lowest BCUT2D eigenvalue weighted by Crippen LogP contribution is -2.50. The van der Waals surface area contributed by atoms with E-state index in [1.807, 2.05) is 12.1 Å². The van der Waals surface area contributed by atoms with Gasteiger partial charge in [-0.15, -0.1) is 0 Å². The molecule has 2 atom stereocenters.